The average molecular weight is 320 g/mol. The molecule has 0 atom stereocenters. The molecule has 0 radical (unpaired) electrons. The number of nitro groups is 1. The van der Waals surface area contributed by atoms with Gasteiger partial charge in [0.05, 0.1) is 11.0 Å². The molecule has 0 unspecified atom stereocenters. The molecule has 1 aromatic rings. The molecule has 1 aliphatic carbocycles. The Balaban J connectivity index is 2.18. The number of benzene rings is 1. The molecule has 1 amide bonds. The van der Waals surface area contributed by atoms with Crippen LogP contribution in [0.5, 0.6) is 0 Å². The number of aliphatic hydroxyl groups excluding tert-OH is 1. The topological polar surface area (TPSA) is 92.5 Å². The Labute approximate surface area is 136 Å². The van der Waals surface area contributed by atoms with Gasteiger partial charge in [0.1, 0.15) is 0 Å². The van der Waals surface area contributed by atoms with E-state index in [9.17, 15) is 20.0 Å². The van der Waals surface area contributed by atoms with Gasteiger partial charge in [-0.25, -0.2) is 0 Å². The minimum Gasteiger partial charge on any atom is -0.393 e. The van der Waals surface area contributed by atoms with Crippen molar-refractivity contribution in [3.63, 3.8) is 0 Å². The minimum atomic E-state index is -0.436. The summed E-state index contributed by atoms with van der Waals surface area (Å²) >= 11 is 0. The first-order valence-corrected chi connectivity index (χ1v) is 7.96. The molecule has 1 aromatic carbocycles. The molecule has 2 rings (SSSR count). The predicted octanol–water partition coefficient (Wildman–Crippen LogP) is 2.93. The fraction of sp³-hybridized carbons (Fsp3) is 0.588. The number of carbonyl (C=O) groups is 1. The maximum Gasteiger partial charge on any atom is 0.273 e. The predicted molar refractivity (Wildman–Crippen MR) is 87.5 cm³/mol. The SMILES string of the molecule is CC(C)(C)c1ccc(C(=O)NC2CCC(O)CC2)cc1[N+](=O)[O-]. The molecule has 1 aliphatic rings. The summed E-state index contributed by atoms with van der Waals surface area (Å²) < 4.78 is 0. The largest absolute Gasteiger partial charge is 0.393 e. The third kappa shape index (κ3) is 4.28. The van der Waals surface area contributed by atoms with Gasteiger partial charge in [-0.3, -0.25) is 14.9 Å². The van der Waals surface area contributed by atoms with Crippen molar-refractivity contribution >= 4 is 11.6 Å². The molecule has 1 fully saturated rings. The number of rotatable bonds is 3. The van der Waals surface area contributed by atoms with Crippen LogP contribution in [0.15, 0.2) is 18.2 Å². The van der Waals surface area contributed by atoms with Crippen molar-refractivity contribution < 1.29 is 14.8 Å². The fourth-order valence-electron chi connectivity index (χ4n) is 2.95. The van der Waals surface area contributed by atoms with Crippen LogP contribution < -0.4 is 5.32 Å². The highest BCUT2D eigenvalue weighted by atomic mass is 16.6. The zero-order valence-corrected chi connectivity index (χ0v) is 13.8. The van der Waals surface area contributed by atoms with E-state index in [4.69, 9.17) is 0 Å². The summed E-state index contributed by atoms with van der Waals surface area (Å²) in [5.41, 5.74) is 0.525. The van der Waals surface area contributed by atoms with Crippen molar-refractivity contribution in [1.82, 2.24) is 5.32 Å². The molecule has 6 nitrogen and oxygen atoms in total. The third-order valence-corrected chi connectivity index (χ3v) is 4.30. The first kappa shape index (κ1) is 17.4. The number of amides is 1. The fourth-order valence-corrected chi connectivity index (χ4v) is 2.95. The highest BCUT2D eigenvalue weighted by Gasteiger charge is 2.27. The molecule has 23 heavy (non-hydrogen) atoms. The molecule has 0 spiro atoms. The number of aliphatic hydroxyl groups is 1. The van der Waals surface area contributed by atoms with Crippen molar-refractivity contribution in [2.45, 2.75) is 64.0 Å². The van der Waals surface area contributed by atoms with Gasteiger partial charge in [-0.1, -0.05) is 26.8 Å². The van der Waals surface area contributed by atoms with Crippen molar-refractivity contribution in [1.29, 1.82) is 0 Å². The number of hydrogen-bond acceptors (Lipinski definition) is 4. The van der Waals surface area contributed by atoms with E-state index in [1.54, 1.807) is 12.1 Å². The lowest BCUT2D eigenvalue weighted by atomic mass is 9.85. The van der Waals surface area contributed by atoms with E-state index >= 15 is 0 Å². The number of nitrogens with zero attached hydrogens (tertiary/aromatic N) is 1. The van der Waals surface area contributed by atoms with Crippen LogP contribution in [0.2, 0.25) is 0 Å². The molecule has 0 aliphatic heterocycles. The van der Waals surface area contributed by atoms with Gasteiger partial charge in [-0.15, -0.1) is 0 Å². The Kier molecular flexibility index (Phi) is 5.04. The maximum absolute atomic E-state index is 12.3. The summed E-state index contributed by atoms with van der Waals surface area (Å²) in [4.78, 5) is 23.2. The van der Waals surface area contributed by atoms with Gasteiger partial charge in [-0.2, -0.15) is 0 Å². The Morgan fingerprint density at radius 3 is 2.39 bits per heavy atom. The molecule has 0 aromatic heterocycles. The number of hydrogen-bond donors (Lipinski definition) is 2. The van der Waals surface area contributed by atoms with Crippen molar-refractivity contribution in [3.05, 3.63) is 39.4 Å². The highest BCUT2D eigenvalue weighted by molar-refractivity contribution is 5.95. The molecule has 1 saturated carbocycles. The molecular formula is C17H24N2O4. The zero-order chi connectivity index (χ0) is 17.2. The molecule has 0 bridgehead atoms. The van der Waals surface area contributed by atoms with Crippen LogP contribution >= 0.6 is 0 Å². The van der Waals surface area contributed by atoms with E-state index in [1.165, 1.54) is 6.07 Å². The number of nitro benzene ring substituents is 1. The summed E-state index contributed by atoms with van der Waals surface area (Å²) in [5.74, 6) is -0.296. The molecule has 0 heterocycles. The Morgan fingerprint density at radius 1 is 1.26 bits per heavy atom. The minimum absolute atomic E-state index is 0.0206. The average Bonchev–Trinajstić information content (AvgIpc) is 2.48. The first-order chi connectivity index (χ1) is 10.7. The summed E-state index contributed by atoms with van der Waals surface area (Å²) in [5, 5.41) is 23.7. The van der Waals surface area contributed by atoms with Gasteiger partial charge in [0, 0.05) is 23.2 Å². The van der Waals surface area contributed by atoms with Crippen LogP contribution in [-0.2, 0) is 5.41 Å². The van der Waals surface area contributed by atoms with Crippen LogP contribution in [-0.4, -0.2) is 28.1 Å². The summed E-state index contributed by atoms with van der Waals surface area (Å²) in [7, 11) is 0. The van der Waals surface area contributed by atoms with E-state index in [-0.39, 0.29) is 29.2 Å². The van der Waals surface area contributed by atoms with Gasteiger partial charge in [0.2, 0.25) is 0 Å². The summed E-state index contributed by atoms with van der Waals surface area (Å²) in [6, 6.07) is 4.68. The lowest BCUT2D eigenvalue weighted by Gasteiger charge is -2.26. The lowest BCUT2D eigenvalue weighted by Crippen LogP contribution is -2.38. The first-order valence-electron chi connectivity index (χ1n) is 7.96. The second kappa shape index (κ2) is 6.66. The third-order valence-electron chi connectivity index (χ3n) is 4.30. The van der Waals surface area contributed by atoms with E-state index in [0.717, 1.165) is 12.8 Å². The number of carbonyl (C=O) groups excluding carboxylic acids is 1. The maximum atomic E-state index is 12.3. The van der Waals surface area contributed by atoms with Gasteiger partial charge in [-0.05, 0) is 37.2 Å². The quantitative estimate of drug-likeness (QED) is 0.661. The normalized spacial score (nSPS) is 21.7. The number of nitrogens with one attached hydrogen (secondary N) is 1. The highest BCUT2D eigenvalue weighted by Crippen LogP contribution is 2.32. The van der Waals surface area contributed by atoms with E-state index in [2.05, 4.69) is 5.32 Å². The van der Waals surface area contributed by atoms with E-state index in [1.807, 2.05) is 20.8 Å². The smallest absolute Gasteiger partial charge is 0.273 e. The van der Waals surface area contributed by atoms with Crippen molar-refractivity contribution in [2.24, 2.45) is 0 Å². The monoisotopic (exact) mass is 320 g/mol. The van der Waals surface area contributed by atoms with Crippen LogP contribution in [0.3, 0.4) is 0 Å². The van der Waals surface area contributed by atoms with Crippen LogP contribution in [0.4, 0.5) is 5.69 Å². The summed E-state index contributed by atoms with van der Waals surface area (Å²) in [6.07, 6.45) is 2.53. The Morgan fingerprint density at radius 2 is 1.87 bits per heavy atom. The molecule has 2 N–H and O–H groups in total. The lowest BCUT2D eigenvalue weighted by molar-refractivity contribution is -0.386. The molecule has 126 valence electrons. The van der Waals surface area contributed by atoms with E-state index < -0.39 is 4.92 Å². The van der Waals surface area contributed by atoms with Gasteiger partial charge >= 0.3 is 0 Å². The van der Waals surface area contributed by atoms with Gasteiger partial charge in [0.25, 0.3) is 11.6 Å². The molecule has 0 saturated heterocycles. The van der Waals surface area contributed by atoms with Gasteiger partial charge in [0.15, 0.2) is 0 Å². The summed E-state index contributed by atoms with van der Waals surface area (Å²) in [6.45, 7) is 5.72. The zero-order valence-electron chi connectivity index (χ0n) is 13.8. The molecular weight excluding hydrogens is 296 g/mol. The molecule has 6 heteroatoms. The van der Waals surface area contributed by atoms with Crippen LogP contribution in [0.1, 0.15) is 62.4 Å². The van der Waals surface area contributed by atoms with E-state index in [0.29, 0.717) is 24.0 Å². The standard InChI is InChI=1S/C17H24N2O4/c1-17(2,3)14-9-4-11(10-15(14)19(22)23)16(21)18-12-5-7-13(20)8-6-12/h4,9-10,12-13,20H,5-8H2,1-3H3,(H,18,21). The van der Waals surface area contributed by atoms with Crippen LogP contribution in [0, 0.1) is 10.1 Å². The second-order valence-electron chi connectivity index (χ2n) is 7.22. The van der Waals surface area contributed by atoms with Crippen LogP contribution in [0.25, 0.3) is 0 Å². The Hall–Kier alpha value is -1.95. The second-order valence-corrected chi connectivity index (χ2v) is 7.22. The van der Waals surface area contributed by atoms with Gasteiger partial charge < -0.3 is 10.4 Å². The van der Waals surface area contributed by atoms with Crippen molar-refractivity contribution in [2.75, 3.05) is 0 Å². The Bertz CT molecular complexity index is 599. The van der Waals surface area contributed by atoms with Crippen molar-refractivity contribution in [3.8, 4) is 0 Å².